The van der Waals surface area contributed by atoms with Gasteiger partial charge < -0.3 is 20.1 Å². The third kappa shape index (κ3) is 3.04. The second-order valence-corrected chi connectivity index (χ2v) is 3.57. The Morgan fingerprint density at radius 2 is 1.79 bits per heavy atom. The molecule has 2 atom stereocenters. The lowest BCUT2D eigenvalue weighted by molar-refractivity contribution is -0.156. The highest BCUT2D eigenvalue weighted by Crippen LogP contribution is 2.24. The summed E-state index contributed by atoms with van der Waals surface area (Å²) < 4.78 is 31.0. The lowest BCUT2D eigenvalue weighted by Gasteiger charge is -2.17. The molecule has 0 radical (unpaired) electrons. The Labute approximate surface area is 105 Å². The van der Waals surface area contributed by atoms with Gasteiger partial charge in [-0.2, -0.15) is 0 Å². The number of hydrogen-bond acceptors (Lipinski definition) is 5. The number of carbonyl (C=O) groups is 2. The average Bonchev–Trinajstić information content (AvgIpc) is 2.37. The molecule has 0 heterocycles. The summed E-state index contributed by atoms with van der Waals surface area (Å²) >= 11 is 0. The monoisotopic (exact) mass is 276 g/mol. The van der Waals surface area contributed by atoms with Crippen molar-refractivity contribution >= 4 is 11.9 Å². The fourth-order valence-electron chi connectivity index (χ4n) is 1.37. The van der Waals surface area contributed by atoms with Crippen LogP contribution in [0.25, 0.3) is 0 Å². The van der Waals surface area contributed by atoms with E-state index in [1.165, 1.54) is 0 Å². The van der Waals surface area contributed by atoms with Crippen molar-refractivity contribution in [3.8, 4) is 0 Å². The van der Waals surface area contributed by atoms with Gasteiger partial charge >= 0.3 is 11.9 Å². The molecule has 0 fully saturated rings. The van der Waals surface area contributed by atoms with Crippen LogP contribution in [0.1, 0.15) is 22.0 Å². The minimum Gasteiger partial charge on any atom is -0.478 e. The van der Waals surface area contributed by atoms with E-state index in [0.29, 0.717) is 12.1 Å². The number of methoxy groups -OCH3 is 1. The molecule has 0 aliphatic rings. The van der Waals surface area contributed by atoms with Gasteiger partial charge in [0.1, 0.15) is 17.7 Å². The van der Waals surface area contributed by atoms with Crippen LogP contribution in [0.15, 0.2) is 12.1 Å². The molecule has 1 rings (SSSR count). The molecule has 3 N–H and O–H groups in total. The molecular weight excluding hydrogens is 266 g/mol. The maximum Gasteiger partial charge on any atom is 0.338 e. The van der Waals surface area contributed by atoms with E-state index in [0.717, 1.165) is 7.11 Å². The summed E-state index contributed by atoms with van der Waals surface area (Å²) in [5.41, 5.74) is -1.68. The van der Waals surface area contributed by atoms with Crippen LogP contribution in [0.3, 0.4) is 0 Å². The molecule has 0 aromatic heterocycles. The number of esters is 1. The number of rotatable bonds is 4. The summed E-state index contributed by atoms with van der Waals surface area (Å²) in [4.78, 5) is 21.5. The summed E-state index contributed by atoms with van der Waals surface area (Å²) in [6, 6.07) is 0.746. The van der Waals surface area contributed by atoms with Crippen molar-refractivity contribution in [2.24, 2.45) is 0 Å². The number of benzene rings is 1. The van der Waals surface area contributed by atoms with Gasteiger partial charge in [-0.05, 0) is 12.1 Å². The van der Waals surface area contributed by atoms with Gasteiger partial charge in [0.25, 0.3) is 0 Å². The van der Waals surface area contributed by atoms with E-state index in [2.05, 4.69) is 4.74 Å². The van der Waals surface area contributed by atoms with E-state index in [1.807, 2.05) is 0 Å². The molecule has 0 amide bonds. The van der Waals surface area contributed by atoms with Crippen molar-refractivity contribution in [2.45, 2.75) is 12.2 Å². The maximum atomic E-state index is 13.5. The van der Waals surface area contributed by atoms with Gasteiger partial charge in [-0.3, -0.25) is 0 Å². The molecule has 0 aliphatic heterocycles. The number of aliphatic hydroxyl groups excluding tert-OH is 2. The number of ether oxygens (including phenoxy) is 1. The van der Waals surface area contributed by atoms with Crippen molar-refractivity contribution in [3.63, 3.8) is 0 Å². The van der Waals surface area contributed by atoms with Crippen LogP contribution >= 0.6 is 0 Å². The Bertz CT molecular complexity index is 516. The molecule has 0 bridgehead atoms. The standard InChI is InChI=1S/C11H10F2O6/c1-19-11(18)9(15)8(14)4-2-7(13)5(10(16)17)3-6(4)12/h2-3,8-9,14-15H,1H3,(H,16,17). The number of hydrogen-bond donors (Lipinski definition) is 3. The minimum absolute atomic E-state index is 0.347. The largest absolute Gasteiger partial charge is 0.478 e. The molecule has 19 heavy (non-hydrogen) atoms. The molecule has 8 heteroatoms. The highest BCUT2D eigenvalue weighted by molar-refractivity contribution is 5.88. The van der Waals surface area contributed by atoms with Crippen molar-refractivity contribution in [1.82, 2.24) is 0 Å². The topological polar surface area (TPSA) is 104 Å². The van der Waals surface area contributed by atoms with Gasteiger partial charge in [-0.25, -0.2) is 18.4 Å². The van der Waals surface area contributed by atoms with Crippen LogP contribution in [0.2, 0.25) is 0 Å². The van der Waals surface area contributed by atoms with E-state index in [9.17, 15) is 28.6 Å². The summed E-state index contributed by atoms with van der Waals surface area (Å²) in [6.07, 6.45) is -4.20. The van der Waals surface area contributed by atoms with Crippen molar-refractivity contribution < 1.29 is 38.4 Å². The molecule has 1 aromatic carbocycles. The lowest BCUT2D eigenvalue weighted by Crippen LogP contribution is -2.29. The third-order valence-electron chi connectivity index (χ3n) is 2.38. The highest BCUT2D eigenvalue weighted by Gasteiger charge is 2.30. The predicted molar refractivity (Wildman–Crippen MR) is 56.3 cm³/mol. The van der Waals surface area contributed by atoms with Crippen molar-refractivity contribution in [2.75, 3.05) is 7.11 Å². The zero-order chi connectivity index (χ0) is 14.7. The Hall–Kier alpha value is -2.06. The van der Waals surface area contributed by atoms with E-state index in [-0.39, 0.29) is 0 Å². The van der Waals surface area contributed by atoms with Crippen LogP contribution in [0.5, 0.6) is 0 Å². The third-order valence-corrected chi connectivity index (χ3v) is 2.38. The molecule has 6 nitrogen and oxygen atoms in total. The van der Waals surface area contributed by atoms with Crippen molar-refractivity contribution in [3.05, 3.63) is 34.9 Å². The zero-order valence-corrected chi connectivity index (χ0v) is 9.63. The van der Waals surface area contributed by atoms with E-state index in [4.69, 9.17) is 5.11 Å². The van der Waals surface area contributed by atoms with Gasteiger partial charge in [0, 0.05) is 5.56 Å². The fourth-order valence-corrected chi connectivity index (χ4v) is 1.37. The predicted octanol–water partition coefficient (Wildman–Crippen LogP) is 0.230. The zero-order valence-electron chi connectivity index (χ0n) is 9.63. The molecule has 1 aromatic rings. The quantitative estimate of drug-likeness (QED) is 0.680. The van der Waals surface area contributed by atoms with Crippen LogP contribution in [0.4, 0.5) is 8.78 Å². The second-order valence-electron chi connectivity index (χ2n) is 3.57. The summed E-state index contributed by atoms with van der Waals surface area (Å²) in [7, 11) is 0.933. The molecule has 0 saturated carbocycles. The van der Waals surface area contributed by atoms with Crippen LogP contribution in [0, 0.1) is 11.6 Å². The lowest BCUT2D eigenvalue weighted by atomic mass is 10.0. The summed E-state index contributed by atoms with van der Waals surface area (Å²) in [5.74, 6) is -5.50. The Balaban J connectivity index is 3.18. The second kappa shape index (κ2) is 5.72. The molecule has 0 saturated heterocycles. The number of aromatic carboxylic acids is 1. The number of carboxylic acids is 1. The van der Waals surface area contributed by atoms with Crippen LogP contribution in [-0.2, 0) is 9.53 Å². The first-order valence-electron chi connectivity index (χ1n) is 4.95. The first-order valence-corrected chi connectivity index (χ1v) is 4.95. The molecule has 0 aliphatic carbocycles. The molecule has 104 valence electrons. The normalized spacial score (nSPS) is 13.7. The first-order chi connectivity index (χ1) is 8.79. The van der Waals surface area contributed by atoms with Gasteiger partial charge in [0.2, 0.25) is 0 Å². The maximum absolute atomic E-state index is 13.5. The summed E-state index contributed by atoms with van der Waals surface area (Å²) in [6.45, 7) is 0. The number of halogens is 2. The van der Waals surface area contributed by atoms with Crippen LogP contribution < -0.4 is 0 Å². The van der Waals surface area contributed by atoms with E-state index in [1.54, 1.807) is 0 Å². The number of carbonyl (C=O) groups excluding carboxylic acids is 1. The Morgan fingerprint density at radius 3 is 2.26 bits per heavy atom. The molecule has 2 unspecified atom stereocenters. The first kappa shape index (κ1) is 15.0. The fraction of sp³-hybridized carbons (Fsp3) is 0.273. The summed E-state index contributed by atoms with van der Waals surface area (Å²) in [5, 5.41) is 27.4. The van der Waals surface area contributed by atoms with Gasteiger partial charge in [0.15, 0.2) is 6.10 Å². The van der Waals surface area contributed by atoms with Crippen LogP contribution in [-0.4, -0.2) is 40.5 Å². The van der Waals surface area contributed by atoms with E-state index < -0.39 is 46.9 Å². The Morgan fingerprint density at radius 1 is 1.21 bits per heavy atom. The molecular formula is C11H10F2O6. The SMILES string of the molecule is COC(=O)C(O)C(O)c1cc(F)c(C(=O)O)cc1F. The number of aliphatic hydroxyl groups is 2. The smallest absolute Gasteiger partial charge is 0.338 e. The Kier molecular flexibility index (Phi) is 4.52. The number of carboxylic acid groups (broad SMARTS) is 1. The highest BCUT2D eigenvalue weighted by atomic mass is 19.1. The van der Waals surface area contributed by atoms with Gasteiger partial charge in [-0.15, -0.1) is 0 Å². The van der Waals surface area contributed by atoms with E-state index >= 15 is 0 Å². The minimum atomic E-state index is -2.12. The average molecular weight is 276 g/mol. The molecule has 0 spiro atoms. The van der Waals surface area contributed by atoms with Crippen molar-refractivity contribution in [1.29, 1.82) is 0 Å². The van der Waals surface area contributed by atoms with Gasteiger partial charge in [-0.1, -0.05) is 0 Å². The van der Waals surface area contributed by atoms with Gasteiger partial charge in [0.05, 0.1) is 12.7 Å².